The molecule has 0 aliphatic heterocycles. The van der Waals surface area contributed by atoms with Crippen molar-refractivity contribution < 1.29 is 19.4 Å². The van der Waals surface area contributed by atoms with Crippen LogP contribution in [0, 0.1) is 0 Å². The summed E-state index contributed by atoms with van der Waals surface area (Å²) in [5.74, 6) is -1.00. The van der Waals surface area contributed by atoms with E-state index in [4.69, 9.17) is 4.74 Å². The van der Waals surface area contributed by atoms with Crippen LogP contribution in [0.15, 0.2) is 60.8 Å². The molecule has 6 heteroatoms. The molecule has 0 bridgehead atoms. The molecule has 0 aliphatic rings. The van der Waals surface area contributed by atoms with Crippen LogP contribution in [0.2, 0.25) is 0 Å². The molecule has 0 aliphatic carbocycles. The molecular formula is C19H18N2O4. The summed E-state index contributed by atoms with van der Waals surface area (Å²) in [6, 6.07) is 16.1. The monoisotopic (exact) mass is 338 g/mol. The van der Waals surface area contributed by atoms with Gasteiger partial charge in [0.15, 0.2) is 0 Å². The van der Waals surface area contributed by atoms with Gasteiger partial charge >= 0.3 is 12.1 Å². The van der Waals surface area contributed by atoms with Gasteiger partial charge in [0, 0.05) is 22.7 Å². The number of carboxylic acids is 1. The number of aromatic nitrogens is 1. The van der Waals surface area contributed by atoms with Gasteiger partial charge in [-0.2, -0.15) is 0 Å². The highest BCUT2D eigenvalue weighted by molar-refractivity contribution is 5.85. The fourth-order valence-corrected chi connectivity index (χ4v) is 2.70. The van der Waals surface area contributed by atoms with Crippen LogP contribution in [0.5, 0.6) is 0 Å². The van der Waals surface area contributed by atoms with Gasteiger partial charge < -0.3 is 20.1 Å². The largest absolute Gasteiger partial charge is 0.481 e. The Bertz CT molecular complexity index is 873. The Labute approximate surface area is 144 Å². The summed E-state index contributed by atoms with van der Waals surface area (Å²) in [5.41, 5.74) is 2.46. The van der Waals surface area contributed by atoms with Crippen molar-refractivity contribution in [3.05, 3.63) is 71.9 Å². The zero-order valence-electron chi connectivity index (χ0n) is 13.4. The molecule has 1 unspecified atom stereocenters. The molecule has 1 aromatic heterocycles. The summed E-state index contributed by atoms with van der Waals surface area (Å²) >= 11 is 0. The molecule has 25 heavy (non-hydrogen) atoms. The Morgan fingerprint density at radius 2 is 1.80 bits per heavy atom. The molecule has 1 amide bonds. The lowest BCUT2D eigenvalue weighted by atomic mass is 10.0. The maximum Gasteiger partial charge on any atom is 0.407 e. The second-order valence-corrected chi connectivity index (χ2v) is 5.65. The van der Waals surface area contributed by atoms with Crippen molar-refractivity contribution in [1.82, 2.24) is 10.3 Å². The summed E-state index contributed by atoms with van der Waals surface area (Å²) < 4.78 is 5.20. The number of alkyl carbamates (subject to hydrolysis) is 1. The first kappa shape index (κ1) is 16.6. The van der Waals surface area contributed by atoms with E-state index in [1.165, 1.54) is 0 Å². The standard InChI is InChI=1S/C19H18N2O4/c22-18(23)10-17(15-11-20-16-9-5-4-8-14(15)16)21-19(24)25-12-13-6-2-1-3-7-13/h1-9,11,17,20H,10,12H2,(H,21,24)(H,22,23). The zero-order valence-corrected chi connectivity index (χ0v) is 13.4. The minimum Gasteiger partial charge on any atom is -0.481 e. The smallest absolute Gasteiger partial charge is 0.407 e. The first-order valence-corrected chi connectivity index (χ1v) is 7.88. The van der Waals surface area contributed by atoms with Crippen molar-refractivity contribution in [2.24, 2.45) is 0 Å². The number of carbonyl (C=O) groups excluding carboxylic acids is 1. The van der Waals surface area contributed by atoms with Crippen molar-refractivity contribution >= 4 is 23.0 Å². The number of ether oxygens (including phenoxy) is 1. The van der Waals surface area contributed by atoms with E-state index < -0.39 is 18.1 Å². The molecule has 0 fully saturated rings. The summed E-state index contributed by atoms with van der Waals surface area (Å²) in [6.07, 6.45) is 0.832. The second-order valence-electron chi connectivity index (χ2n) is 5.65. The first-order chi connectivity index (χ1) is 12.1. The van der Waals surface area contributed by atoms with Crippen LogP contribution in [-0.4, -0.2) is 22.2 Å². The lowest BCUT2D eigenvalue weighted by molar-refractivity contribution is -0.137. The third-order valence-electron chi connectivity index (χ3n) is 3.88. The summed E-state index contributed by atoms with van der Waals surface area (Å²) in [6.45, 7) is 0.125. The normalized spacial score (nSPS) is 11.8. The summed E-state index contributed by atoms with van der Waals surface area (Å²) in [7, 11) is 0. The molecule has 128 valence electrons. The maximum atomic E-state index is 12.1. The van der Waals surface area contributed by atoms with E-state index in [9.17, 15) is 14.7 Å². The number of aliphatic carboxylic acids is 1. The quantitative estimate of drug-likeness (QED) is 0.640. The fourth-order valence-electron chi connectivity index (χ4n) is 2.70. The first-order valence-electron chi connectivity index (χ1n) is 7.88. The van der Waals surface area contributed by atoms with Crippen LogP contribution in [0.1, 0.15) is 23.6 Å². The van der Waals surface area contributed by atoms with E-state index in [0.29, 0.717) is 0 Å². The number of para-hydroxylation sites is 1. The van der Waals surface area contributed by atoms with Gasteiger partial charge in [0.25, 0.3) is 0 Å². The van der Waals surface area contributed by atoms with E-state index in [1.807, 2.05) is 54.6 Å². The van der Waals surface area contributed by atoms with E-state index >= 15 is 0 Å². The zero-order chi connectivity index (χ0) is 17.6. The van der Waals surface area contributed by atoms with E-state index in [0.717, 1.165) is 22.0 Å². The number of amides is 1. The molecular weight excluding hydrogens is 320 g/mol. The number of hydrogen-bond donors (Lipinski definition) is 3. The van der Waals surface area contributed by atoms with Crippen LogP contribution in [0.3, 0.4) is 0 Å². The molecule has 6 nitrogen and oxygen atoms in total. The van der Waals surface area contributed by atoms with E-state index in [2.05, 4.69) is 10.3 Å². The van der Waals surface area contributed by atoms with E-state index in [-0.39, 0.29) is 13.0 Å². The molecule has 2 aromatic carbocycles. The van der Waals surface area contributed by atoms with Crippen LogP contribution in [0.25, 0.3) is 10.9 Å². The highest BCUT2D eigenvalue weighted by Gasteiger charge is 2.21. The third kappa shape index (κ3) is 4.17. The van der Waals surface area contributed by atoms with Gasteiger partial charge in [0.2, 0.25) is 0 Å². The van der Waals surface area contributed by atoms with Crippen molar-refractivity contribution in [3.8, 4) is 0 Å². The van der Waals surface area contributed by atoms with Crippen molar-refractivity contribution in [3.63, 3.8) is 0 Å². The van der Waals surface area contributed by atoms with E-state index in [1.54, 1.807) is 6.20 Å². The maximum absolute atomic E-state index is 12.1. The predicted molar refractivity (Wildman–Crippen MR) is 93.1 cm³/mol. The minimum absolute atomic E-state index is 0.125. The molecule has 0 radical (unpaired) electrons. The Balaban J connectivity index is 1.72. The highest BCUT2D eigenvalue weighted by Crippen LogP contribution is 2.26. The van der Waals surface area contributed by atoms with Gasteiger partial charge in [-0.25, -0.2) is 4.79 Å². The number of carbonyl (C=O) groups is 2. The minimum atomic E-state index is -1.00. The highest BCUT2D eigenvalue weighted by atomic mass is 16.5. The number of aromatic amines is 1. The number of hydrogen-bond acceptors (Lipinski definition) is 3. The number of benzene rings is 2. The number of carboxylic acid groups (broad SMARTS) is 1. The molecule has 0 saturated heterocycles. The lowest BCUT2D eigenvalue weighted by Crippen LogP contribution is -2.30. The van der Waals surface area contributed by atoms with Crippen molar-refractivity contribution in [2.45, 2.75) is 19.1 Å². The second kappa shape index (κ2) is 7.53. The van der Waals surface area contributed by atoms with Gasteiger partial charge in [-0.05, 0) is 11.6 Å². The number of H-pyrrole nitrogens is 1. The molecule has 1 atom stereocenters. The number of rotatable bonds is 6. The number of fused-ring (bicyclic) bond motifs is 1. The molecule has 0 spiro atoms. The van der Waals surface area contributed by atoms with Crippen LogP contribution >= 0.6 is 0 Å². The average molecular weight is 338 g/mol. The predicted octanol–water partition coefficient (Wildman–Crippen LogP) is 3.61. The fraction of sp³-hybridized carbons (Fsp3) is 0.158. The Kier molecular flexibility index (Phi) is 4.99. The Morgan fingerprint density at radius 3 is 2.56 bits per heavy atom. The lowest BCUT2D eigenvalue weighted by Gasteiger charge is -2.16. The summed E-state index contributed by atoms with van der Waals surface area (Å²) in [4.78, 5) is 26.4. The average Bonchev–Trinajstić information content (AvgIpc) is 3.04. The van der Waals surface area contributed by atoms with Gasteiger partial charge in [-0.1, -0.05) is 48.5 Å². The molecule has 1 heterocycles. The van der Waals surface area contributed by atoms with Gasteiger partial charge in [0.05, 0.1) is 12.5 Å². The number of nitrogens with one attached hydrogen (secondary N) is 2. The Morgan fingerprint density at radius 1 is 1.08 bits per heavy atom. The van der Waals surface area contributed by atoms with Gasteiger partial charge in [0.1, 0.15) is 6.61 Å². The van der Waals surface area contributed by atoms with Crippen LogP contribution < -0.4 is 5.32 Å². The van der Waals surface area contributed by atoms with Crippen LogP contribution in [0.4, 0.5) is 4.79 Å². The topological polar surface area (TPSA) is 91.4 Å². The molecule has 3 aromatic rings. The van der Waals surface area contributed by atoms with Gasteiger partial charge in [-0.3, -0.25) is 4.79 Å². The molecule has 3 N–H and O–H groups in total. The molecule has 3 rings (SSSR count). The summed E-state index contributed by atoms with van der Waals surface area (Å²) in [5, 5.41) is 12.7. The van der Waals surface area contributed by atoms with Gasteiger partial charge in [-0.15, -0.1) is 0 Å². The molecule has 0 saturated carbocycles. The third-order valence-corrected chi connectivity index (χ3v) is 3.88. The van der Waals surface area contributed by atoms with Crippen molar-refractivity contribution in [1.29, 1.82) is 0 Å². The van der Waals surface area contributed by atoms with Crippen molar-refractivity contribution in [2.75, 3.05) is 0 Å². The van der Waals surface area contributed by atoms with Crippen LogP contribution in [-0.2, 0) is 16.1 Å². The SMILES string of the molecule is O=C(O)CC(NC(=O)OCc1ccccc1)c1c[nH]c2ccccc12. The Hall–Kier alpha value is -3.28.